The number of nitro benzene ring substituents is 1. The fourth-order valence-electron chi connectivity index (χ4n) is 3.25. The first-order valence-electron chi connectivity index (χ1n) is 8.64. The van der Waals surface area contributed by atoms with E-state index in [1.165, 1.54) is 12.1 Å². The second-order valence-electron chi connectivity index (χ2n) is 6.57. The number of rotatable bonds is 4. The number of allylic oxidation sites excluding steroid dienone is 1. The third kappa shape index (κ3) is 3.68. The van der Waals surface area contributed by atoms with Crippen LogP contribution in [0.2, 0.25) is 5.02 Å². The summed E-state index contributed by atoms with van der Waals surface area (Å²) in [5.74, 6) is 0. The maximum atomic E-state index is 11.0. The van der Waals surface area contributed by atoms with Crippen molar-refractivity contribution in [2.24, 2.45) is 0 Å². The number of halogens is 1. The summed E-state index contributed by atoms with van der Waals surface area (Å²) in [6, 6.07) is 16.0. The average Bonchev–Trinajstić information content (AvgIpc) is 2.95. The maximum Gasteiger partial charge on any atom is 0.270 e. The summed E-state index contributed by atoms with van der Waals surface area (Å²) in [5, 5.41) is 21.3. The smallest absolute Gasteiger partial charge is 0.270 e. The molecular formula is C22H18ClN3O2. The molecule has 0 spiro atoms. The molecule has 2 aromatic carbocycles. The normalized spacial score (nSPS) is 11.3. The Morgan fingerprint density at radius 2 is 1.93 bits per heavy atom. The Labute approximate surface area is 168 Å². The molecule has 1 heterocycles. The van der Waals surface area contributed by atoms with Crippen LogP contribution in [0.25, 0.3) is 17.3 Å². The van der Waals surface area contributed by atoms with Gasteiger partial charge >= 0.3 is 0 Å². The number of benzene rings is 2. The van der Waals surface area contributed by atoms with Gasteiger partial charge in [-0.1, -0.05) is 29.8 Å². The lowest BCUT2D eigenvalue weighted by atomic mass is 10.0. The first kappa shape index (κ1) is 19.4. The zero-order valence-corrected chi connectivity index (χ0v) is 16.5. The minimum Gasteiger partial charge on any atom is -0.318 e. The highest BCUT2D eigenvalue weighted by Crippen LogP contribution is 2.29. The molecule has 0 amide bonds. The fraction of sp³-hybridized carbons (Fsp3) is 0.136. The molecule has 3 aromatic rings. The van der Waals surface area contributed by atoms with Crippen molar-refractivity contribution in [3.8, 4) is 11.8 Å². The van der Waals surface area contributed by atoms with Crippen LogP contribution in [0.4, 0.5) is 5.69 Å². The van der Waals surface area contributed by atoms with E-state index in [2.05, 4.69) is 10.6 Å². The lowest BCUT2D eigenvalue weighted by molar-refractivity contribution is -0.384. The number of hydrogen-bond acceptors (Lipinski definition) is 3. The first-order valence-corrected chi connectivity index (χ1v) is 9.01. The average molecular weight is 392 g/mol. The maximum absolute atomic E-state index is 11.0. The number of nitro groups is 1. The highest BCUT2D eigenvalue weighted by Gasteiger charge is 2.14. The minimum absolute atomic E-state index is 0.0429. The molecule has 140 valence electrons. The molecule has 0 saturated heterocycles. The standard InChI is InChI=1S/C22H18ClN3O2/c1-14-7-8-20(23)12-22(14)25-15(2)9-18(16(25)3)10-19(13-24)17-5-4-6-21(11-17)26(27)28/h4-12H,1-3H3/b19-10-. The van der Waals surface area contributed by atoms with Gasteiger partial charge in [-0.25, -0.2) is 0 Å². The molecule has 3 rings (SSSR count). The van der Waals surface area contributed by atoms with Crippen LogP contribution in [0.15, 0.2) is 48.5 Å². The Kier molecular flexibility index (Phi) is 5.34. The summed E-state index contributed by atoms with van der Waals surface area (Å²) < 4.78 is 2.09. The third-order valence-electron chi connectivity index (χ3n) is 4.67. The van der Waals surface area contributed by atoms with E-state index in [0.29, 0.717) is 16.2 Å². The number of nitrogens with zero attached hydrogens (tertiary/aromatic N) is 3. The molecule has 0 atom stereocenters. The van der Waals surface area contributed by atoms with Crippen LogP contribution in [0.1, 0.15) is 28.1 Å². The van der Waals surface area contributed by atoms with Gasteiger partial charge in [0.2, 0.25) is 0 Å². The zero-order chi connectivity index (χ0) is 20.4. The summed E-state index contributed by atoms with van der Waals surface area (Å²) in [5.41, 5.74) is 5.74. The van der Waals surface area contributed by atoms with Gasteiger partial charge < -0.3 is 4.57 Å². The quantitative estimate of drug-likeness (QED) is 0.309. The Hall–Kier alpha value is -3.36. The number of nitriles is 1. The molecule has 0 radical (unpaired) electrons. The molecule has 0 aliphatic rings. The second kappa shape index (κ2) is 7.71. The van der Waals surface area contributed by atoms with Gasteiger partial charge in [-0.2, -0.15) is 5.26 Å². The van der Waals surface area contributed by atoms with E-state index in [0.717, 1.165) is 28.2 Å². The second-order valence-corrected chi connectivity index (χ2v) is 7.01. The number of aryl methyl sites for hydroxylation is 2. The molecule has 0 bridgehead atoms. The van der Waals surface area contributed by atoms with Gasteiger partial charge in [-0.15, -0.1) is 0 Å². The van der Waals surface area contributed by atoms with Crippen molar-refractivity contribution in [2.75, 3.05) is 0 Å². The molecule has 6 heteroatoms. The molecule has 0 N–H and O–H groups in total. The van der Waals surface area contributed by atoms with E-state index in [1.807, 2.05) is 45.0 Å². The highest BCUT2D eigenvalue weighted by molar-refractivity contribution is 6.30. The first-order chi connectivity index (χ1) is 13.3. The molecule has 0 fully saturated rings. The molecule has 1 aromatic heterocycles. The lowest BCUT2D eigenvalue weighted by Crippen LogP contribution is -2.01. The van der Waals surface area contributed by atoms with Gasteiger partial charge in [-0.05, 0) is 61.7 Å². The largest absolute Gasteiger partial charge is 0.318 e. The topological polar surface area (TPSA) is 71.9 Å². The van der Waals surface area contributed by atoms with Gasteiger partial charge in [-0.3, -0.25) is 10.1 Å². The van der Waals surface area contributed by atoms with Crippen LogP contribution in [0.5, 0.6) is 0 Å². The lowest BCUT2D eigenvalue weighted by Gasteiger charge is -2.13. The molecule has 0 aliphatic carbocycles. The van der Waals surface area contributed by atoms with E-state index in [9.17, 15) is 15.4 Å². The van der Waals surface area contributed by atoms with Crippen LogP contribution in [0, 0.1) is 42.2 Å². The Morgan fingerprint density at radius 3 is 2.61 bits per heavy atom. The van der Waals surface area contributed by atoms with Crippen LogP contribution in [0.3, 0.4) is 0 Å². The van der Waals surface area contributed by atoms with Crippen molar-refractivity contribution < 1.29 is 4.92 Å². The van der Waals surface area contributed by atoms with Gasteiger partial charge in [0.05, 0.1) is 16.6 Å². The van der Waals surface area contributed by atoms with Crippen molar-refractivity contribution in [3.05, 3.63) is 91.7 Å². The fourth-order valence-corrected chi connectivity index (χ4v) is 3.42. The molecule has 5 nitrogen and oxygen atoms in total. The molecular weight excluding hydrogens is 374 g/mol. The molecule has 0 saturated carbocycles. The van der Waals surface area contributed by atoms with Crippen LogP contribution in [-0.4, -0.2) is 9.49 Å². The van der Waals surface area contributed by atoms with Crippen molar-refractivity contribution >= 4 is 28.9 Å². The summed E-state index contributed by atoms with van der Waals surface area (Å²) in [7, 11) is 0. The van der Waals surface area contributed by atoms with E-state index in [-0.39, 0.29) is 5.69 Å². The number of aromatic nitrogens is 1. The van der Waals surface area contributed by atoms with Gasteiger partial charge in [0.25, 0.3) is 5.69 Å². The zero-order valence-electron chi connectivity index (χ0n) is 15.7. The van der Waals surface area contributed by atoms with Crippen LogP contribution >= 0.6 is 11.6 Å². The minimum atomic E-state index is -0.466. The predicted molar refractivity (Wildman–Crippen MR) is 112 cm³/mol. The van der Waals surface area contributed by atoms with E-state index < -0.39 is 4.92 Å². The highest BCUT2D eigenvalue weighted by atomic mass is 35.5. The molecule has 0 aliphatic heterocycles. The summed E-state index contributed by atoms with van der Waals surface area (Å²) in [6.45, 7) is 5.98. The van der Waals surface area contributed by atoms with Gasteiger partial charge in [0.1, 0.15) is 0 Å². The van der Waals surface area contributed by atoms with E-state index in [1.54, 1.807) is 18.2 Å². The van der Waals surface area contributed by atoms with Crippen molar-refractivity contribution in [1.29, 1.82) is 5.26 Å². The van der Waals surface area contributed by atoms with Crippen LogP contribution in [-0.2, 0) is 0 Å². The van der Waals surface area contributed by atoms with Crippen molar-refractivity contribution in [1.82, 2.24) is 4.57 Å². The Balaban J connectivity index is 2.12. The molecule has 0 unspecified atom stereocenters. The number of hydrogen-bond donors (Lipinski definition) is 0. The van der Waals surface area contributed by atoms with E-state index >= 15 is 0 Å². The molecule has 28 heavy (non-hydrogen) atoms. The summed E-state index contributed by atoms with van der Waals surface area (Å²) in [4.78, 5) is 10.6. The van der Waals surface area contributed by atoms with Crippen molar-refractivity contribution in [2.45, 2.75) is 20.8 Å². The SMILES string of the molecule is Cc1ccc(Cl)cc1-n1c(C)cc(/C=C(/C#N)c2cccc([N+](=O)[O-])c2)c1C. The van der Waals surface area contributed by atoms with E-state index in [4.69, 9.17) is 11.6 Å². The van der Waals surface area contributed by atoms with Crippen LogP contribution < -0.4 is 0 Å². The summed E-state index contributed by atoms with van der Waals surface area (Å²) in [6.07, 6.45) is 1.76. The Morgan fingerprint density at radius 1 is 1.18 bits per heavy atom. The third-order valence-corrected chi connectivity index (χ3v) is 4.91. The Bertz CT molecular complexity index is 1150. The number of non-ortho nitro benzene ring substituents is 1. The van der Waals surface area contributed by atoms with Gasteiger partial charge in [0.15, 0.2) is 0 Å². The predicted octanol–water partition coefficient (Wildman–Crippen LogP) is 6.03. The monoisotopic (exact) mass is 391 g/mol. The van der Waals surface area contributed by atoms with Gasteiger partial charge in [0, 0.05) is 34.2 Å². The van der Waals surface area contributed by atoms with Crippen molar-refractivity contribution in [3.63, 3.8) is 0 Å². The summed E-state index contributed by atoms with van der Waals surface area (Å²) >= 11 is 6.18.